The lowest BCUT2D eigenvalue weighted by atomic mass is 9.94. The maximum absolute atomic E-state index is 12.1. The molecule has 2 heterocycles. The highest BCUT2D eigenvalue weighted by Gasteiger charge is 2.20. The third kappa shape index (κ3) is 4.50. The van der Waals surface area contributed by atoms with Crippen molar-refractivity contribution in [3.05, 3.63) is 16.3 Å². The van der Waals surface area contributed by atoms with Crippen molar-refractivity contribution in [1.29, 1.82) is 0 Å². The Morgan fingerprint density at radius 3 is 2.71 bits per heavy atom. The summed E-state index contributed by atoms with van der Waals surface area (Å²) < 4.78 is 26.7. The zero-order valence-corrected chi connectivity index (χ0v) is 13.5. The van der Waals surface area contributed by atoms with Crippen molar-refractivity contribution in [2.75, 3.05) is 26.7 Å². The number of carboxylic acid groups (broad SMARTS) is 1. The molecule has 2 N–H and O–H groups in total. The molecule has 2 rings (SSSR count). The first-order chi connectivity index (χ1) is 9.88. The Morgan fingerprint density at radius 1 is 1.48 bits per heavy atom. The number of nitrogens with one attached hydrogen (secondary N) is 1. The van der Waals surface area contributed by atoms with Crippen LogP contribution < -0.4 is 4.72 Å². The third-order valence-electron chi connectivity index (χ3n) is 3.78. The molecule has 0 spiro atoms. The van der Waals surface area contributed by atoms with Crippen molar-refractivity contribution in [3.8, 4) is 0 Å². The van der Waals surface area contributed by atoms with E-state index in [0.29, 0.717) is 12.5 Å². The average molecular weight is 332 g/mol. The average Bonchev–Trinajstić information content (AvgIpc) is 2.91. The van der Waals surface area contributed by atoms with Crippen LogP contribution in [0, 0.1) is 5.92 Å². The molecule has 1 aliphatic rings. The Hall–Kier alpha value is -0.960. The molecule has 1 saturated heterocycles. The van der Waals surface area contributed by atoms with Gasteiger partial charge in [-0.2, -0.15) is 0 Å². The normalized spacial score (nSPS) is 18.0. The summed E-state index contributed by atoms with van der Waals surface area (Å²) in [5, 5.41) is 10.2. The van der Waals surface area contributed by atoms with Crippen molar-refractivity contribution in [2.45, 2.75) is 24.2 Å². The Morgan fingerprint density at radius 2 is 2.14 bits per heavy atom. The molecule has 0 amide bonds. The Bertz CT molecular complexity index is 589. The van der Waals surface area contributed by atoms with Crippen molar-refractivity contribution >= 4 is 27.3 Å². The second-order valence-corrected chi connectivity index (χ2v) is 8.06. The lowest BCUT2D eigenvalue weighted by Crippen LogP contribution is -2.32. The van der Waals surface area contributed by atoms with Crippen LogP contribution in [-0.2, 0) is 10.0 Å². The third-order valence-corrected chi connectivity index (χ3v) is 6.29. The van der Waals surface area contributed by atoms with Crippen LogP contribution >= 0.6 is 11.3 Å². The number of nitrogens with zero attached hydrogens (tertiary/aromatic N) is 1. The molecule has 0 atom stereocenters. The minimum absolute atomic E-state index is 0.0330. The largest absolute Gasteiger partial charge is 0.477 e. The SMILES string of the molecule is CN1CCC(CCNS(=O)(=O)c2csc(C(=O)O)c2)CC1. The Kier molecular flexibility index (Phi) is 5.37. The van der Waals surface area contributed by atoms with Gasteiger partial charge in [-0.1, -0.05) is 0 Å². The van der Waals surface area contributed by atoms with Gasteiger partial charge in [-0.05, 0) is 51.4 Å². The van der Waals surface area contributed by atoms with E-state index in [0.717, 1.165) is 43.7 Å². The predicted molar refractivity (Wildman–Crippen MR) is 81.3 cm³/mol. The molecule has 0 aliphatic carbocycles. The molecule has 1 aromatic heterocycles. The zero-order valence-electron chi connectivity index (χ0n) is 11.9. The van der Waals surface area contributed by atoms with E-state index in [1.807, 2.05) is 0 Å². The van der Waals surface area contributed by atoms with E-state index in [4.69, 9.17) is 5.11 Å². The van der Waals surface area contributed by atoms with Crippen LogP contribution in [0.1, 0.15) is 28.9 Å². The minimum Gasteiger partial charge on any atom is -0.477 e. The molecule has 6 nitrogen and oxygen atoms in total. The van der Waals surface area contributed by atoms with Gasteiger partial charge in [0.2, 0.25) is 10.0 Å². The van der Waals surface area contributed by atoms with E-state index in [-0.39, 0.29) is 9.77 Å². The molecule has 1 aromatic rings. The van der Waals surface area contributed by atoms with Crippen LogP contribution in [0.4, 0.5) is 0 Å². The van der Waals surface area contributed by atoms with Gasteiger partial charge in [0.15, 0.2) is 0 Å². The monoisotopic (exact) mass is 332 g/mol. The summed E-state index contributed by atoms with van der Waals surface area (Å²) in [5.41, 5.74) is 0. The Balaban J connectivity index is 1.85. The lowest BCUT2D eigenvalue weighted by Gasteiger charge is -2.28. The van der Waals surface area contributed by atoms with E-state index in [2.05, 4.69) is 16.7 Å². The fraction of sp³-hybridized carbons (Fsp3) is 0.615. The van der Waals surface area contributed by atoms with E-state index < -0.39 is 16.0 Å². The topological polar surface area (TPSA) is 86.7 Å². The molecular weight excluding hydrogens is 312 g/mol. The quantitative estimate of drug-likeness (QED) is 0.823. The zero-order chi connectivity index (χ0) is 15.5. The van der Waals surface area contributed by atoms with Crippen LogP contribution in [0.3, 0.4) is 0 Å². The number of aromatic carboxylic acids is 1. The molecule has 0 unspecified atom stereocenters. The molecular formula is C13H20N2O4S2. The molecule has 118 valence electrons. The highest BCUT2D eigenvalue weighted by atomic mass is 32.2. The lowest BCUT2D eigenvalue weighted by molar-refractivity contribution is 0.0702. The number of hydrogen-bond donors (Lipinski definition) is 2. The number of sulfonamides is 1. The van der Waals surface area contributed by atoms with Crippen LogP contribution in [-0.4, -0.2) is 51.1 Å². The summed E-state index contributed by atoms with van der Waals surface area (Å²) in [6, 6.07) is 1.20. The standard InChI is InChI=1S/C13H20N2O4S2/c1-15-6-3-10(4-7-15)2-5-14-21(18,19)11-8-12(13(16)17)20-9-11/h8-10,14H,2-7H2,1H3,(H,16,17). The maximum Gasteiger partial charge on any atom is 0.345 e. The number of piperidine rings is 1. The number of carbonyl (C=O) groups is 1. The summed E-state index contributed by atoms with van der Waals surface area (Å²) in [4.78, 5) is 13.1. The van der Waals surface area contributed by atoms with E-state index in [9.17, 15) is 13.2 Å². The second kappa shape index (κ2) is 6.87. The van der Waals surface area contributed by atoms with Gasteiger partial charge in [-0.15, -0.1) is 11.3 Å². The maximum atomic E-state index is 12.1. The first-order valence-electron chi connectivity index (χ1n) is 6.88. The van der Waals surface area contributed by atoms with Crippen molar-refractivity contribution in [1.82, 2.24) is 9.62 Å². The van der Waals surface area contributed by atoms with Gasteiger partial charge in [0.25, 0.3) is 0 Å². The Labute approximate surface area is 128 Å². The predicted octanol–water partition coefficient (Wildman–Crippen LogP) is 1.46. The molecule has 0 radical (unpaired) electrons. The number of rotatable bonds is 6. The smallest absolute Gasteiger partial charge is 0.345 e. The van der Waals surface area contributed by atoms with Gasteiger partial charge in [-0.25, -0.2) is 17.9 Å². The minimum atomic E-state index is -3.60. The van der Waals surface area contributed by atoms with Crippen molar-refractivity contribution in [3.63, 3.8) is 0 Å². The van der Waals surface area contributed by atoms with Gasteiger partial charge < -0.3 is 10.0 Å². The molecule has 0 aromatic carbocycles. The fourth-order valence-electron chi connectivity index (χ4n) is 2.40. The van der Waals surface area contributed by atoms with Gasteiger partial charge in [-0.3, -0.25) is 0 Å². The van der Waals surface area contributed by atoms with E-state index in [1.54, 1.807) is 0 Å². The van der Waals surface area contributed by atoms with Gasteiger partial charge in [0.1, 0.15) is 4.88 Å². The van der Waals surface area contributed by atoms with Gasteiger partial charge in [0.05, 0.1) is 4.90 Å². The highest BCUT2D eigenvalue weighted by Crippen LogP contribution is 2.21. The summed E-state index contributed by atoms with van der Waals surface area (Å²) in [5.74, 6) is -0.547. The molecule has 1 fully saturated rings. The number of carboxylic acids is 1. The second-order valence-electron chi connectivity index (χ2n) is 5.38. The number of likely N-dealkylation sites (tertiary alicyclic amines) is 1. The molecule has 21 heavy (non-hydrogen) atoms. The summed E-state index contributed by atoms with van der Waals surface area (Å²) in [6.07, 6.45) is 3.02. The number of thiophene rings is 1. The first kappa shape index (κ1) is 16.4. The van der Waals surface area contributed by atoms with Crippen molar-refractivity contribution in [2.24, 2.45) is 5.92 Å². The summed E-state index contributed by atoms with van der Waals surface area (Å²) >= 11 is 0.922. The number of hydrogen-bond acceptors (Lipinski definition) is 5. The van der Waals surface area contributed by atoms with Crippen LogP contribution in [0.25, 0.3) is 0 Å². The molecule has 8 heteroatoms. The van der Waals surface area contributed by atoms with Crippen LogP contribution in [0.5, 0.6) is 0 Å². The molecule has 1 aliphatic heterocycles. The van der Waals surface area contributed by atoms with E-state index in [1.165, 1.54) is 11.4 Å². The molecule has 0 saturated carbocycles. The summed E-state index contributed by atoms with van der Waals surface area (Å²) in [7, 11) is -1.51. The van der Waals surface area contributed by atoms with Gasteiger partial charge >= 0.3 is 5.97 Å². The van der Waals surface area contributed by atoms with Crippen LogP contribution in [0.15, 0.2) is 16.3 Å². The van der Waals surface area contributed by atoms with Crippen LogP contribution in [0.2, 0.25) is 0 Å². The first-order valence-corrected chi connectivity index (χ1v) is 9.25. The summed E-state index contributed by atoms with van der Waals surface area (Å²) in [6.45, 7) is 2.52. The fourth-order valence-corrected chi connectivity index (χ4v) is 4.56. The van der Waals surface area contributed by atoms with Crippen molar-refractivity contribution < 1.29 is 18.3 Å². The van der Waals surface area contributed by atoms with Gasteiger partial charge in [0, 0.05) is 11.9 Å². The van der Waals surface area contributed by atoms with E-state index >= 15 is 0 Å². The highest BCUT2D eigenvalue weighted by molar-refractivity contribution is 7.89. The molecule has 0 bridgehead atoms.